The standard InChI is InChI=1S/C12H14F3N/c1-12(2)7(5-10(12)16)6-3-8(13)11(15)9(14)4-6/h3-4,7,10H,5,16H2,1-2H3. The number of benzene rings is 1. The molecule has 0 spiro atoms. The lowest BCUT2D eigenvalue weighted by Gasteiger charge is -2.50. The molecule has 2 N–H and O–H groups in total. The van der Waals surface area contributed by atoms with Gasteiger partial charge < -0.3 is 5.73 Å². The van der Waals surface area contributed by atoms with Gasteiger partial charge in [-0.1, -0.05) is 13.8 Å². The highest BCUT2D eigenvalue weighted by Gasteiger charge is 2.46. The molecule has 1 saturated carbocycles. The minimum atomic E-state index is -1.41. The van der Waals surface area contributed by atoms with Gasteiger partial charge in [-0.2, -0.15) is 0 Å². The monoisotopic (exact) mass is 229 g/mol. The lowest BCUT2D eigenvalue weighted by Crippen LogP contribution is -2.52. The molecule has 0 saturated heterocycles. The highest BCUT2D eigenvalue weighted by atomic mass is 19.2. The zero-order valence-corrected chi connectivity index (χ0v) is 9.23. The first-order valence-corrected chi connectivity index (χ1v) is 5.24. The van der Waals surface area contributed by atoms with Crippen LogP contribution in [-0.2, 0) is 0 Å². The van der Waals surface area contributed by atoms with Gasteiger partial charge in [0.05, 0.1) is 0 Å². The summed E-state index contributed by atoms with van der Waals surface area (Å²) in [4.78, 5) is 0. The maximum absolute atomic E-state index is 13.1. The molecule has 2 rings (SSSR count). The molecule has 0 amide bonds. The highest BCUT2D eigenvalue weighted by molar-refractivity contribution is 5.29. The maximum Gasteiger partial charge on any atom is 0.194 e. The van der Waals surface area contributed by atoms with Crippen molar-refractivity contribution in [3.63, 3.8) is 0 Å². The summed E-state index contributed by atoms with van der Waals surface area (Å²) in [5.74, 6) is -3.69. The van der Waals surface area contributed by atoms with Gasteiger partial charge in [-0.3, -0.25) is 0 Å². The van der Waals surface area contributed by atoms with E-state index in [-0.39, 0.29) is 17.4 Å². The summed E-state index contributed by atoms with van der Waals surface area (Å²) in [5.41, 5.74) is 6.12. The van der Waals surface area contributed by atoms with Gasteiger partial charge in [0.15, 0.2) is 17.5 Å². The van der Waals surface area contributed by atoms with Crippen LogP contribution in [0.2, 0.25) is 0 Å². The van der Waals surface area contributed by atoms with Crippen molar-refractivity contribution in [2.75, 3.05) is 0 Å². The van der Waals surface area contributed by atoms with Crippen LogP contribution in [0.5, 0.6) is 0 Å². The zero-order valence-electron chi connectivity index (χ0n) is 9.23. The van der Waals surface area contributed by atoms with Crippen LogP contribution in [0.1, 0.15) is 31.7 Å². The lowest BCUT2D eigenvalue weighted by atomic mass is 9.57. The van der Waals surface area contributed by atoms with Gasteiger partial charge in [0.25, 0.3) is 0 Å². The minimum Gasteiger partial charge on any atom is -0.327 e. The first kappa shape index (κ1) is 11.5. The van der Waals surface area contributed by atoms with Crippen molar-refractivity contribution >= 4 is 0 Å². The second kappa shape index (κ2) is 3.48. The van der Waals surface area contributed by atoms with E-state index in [4.69, 9.17) is 5.73 Å². The zero-order chi connectivity index (χ0) is 12.1. The van der Waals surface area contributed by atoms with Crippen molar-refractivity contribution in [2.45, 2.75) is 32.2 Å². The van der Waals surface area contributed by atoms with E-state index in [1.54, 1.807) is 0 Å². The smallest absolute Gasteiger partial charge is 0.194 e. The molecule has 0 aliphatic heterocycles. The number of halogens is 3. The second-order valence-corrected chi connectivity index (χ2v) is 5.01. The summed E-state index contributed by atoms with van der Waals surface area (Å²) in [6.07, 6.45) is 0.678. The Hall–Kier alpha value is -1.03. The summed E-state index contributed by atoms with van der Waals surface area (Å²) < 4.78 is 38.9. The minimum absolute atomic E-state index is 0.00731. The van der Waals surface area contributed by atoms with Gasteiger partial charge in [-0.25, -0.2) is 13.2 Å². The molecule has 1 aromatic carbocycles. The Labute approximate surface area is 92.5 Å². The summed E-state index contributed by atoms with van der Waals surface area (Å²) in [7, 11) is 0. The van der Waals surface area contributed by atoms with E-state index in [0.29, 0.717) is 12.0 Å². The summed E-state index contributed by atoms with van der Waals surface area (Å²) in [5, 5.41) is 0. The average molecular weight is 229 g/mol. The normalized spacial score (nSPS) is 27.6. The summed E-state index contributed by atoms with van der Waals surface area (Å²) in [6.45, 7) is 3.90. The van der Waals surface area contributed by atoms with Crippen molar-refractivity contribution in [1.82, 2.24) is 0 Å². The highest BCUT2D eigenvalue weighted by Crippen LogP contribution is 2.51. The van der Waals surface area contributed by atoms with Crippen LogP contribution in [0.4, 0.5) is 13.2 Å². The molecule has 0 bridgehead atoms. The third-order valence-electron chi connectivity index (χ3n) is 3.75. The molecule has 1 nitrogen and oxygen atoms in total. The van der Waals surface area contributed by atoms with Crippen LogP contribution in [0.25, 0.3) is 0 Å². The van der Waals surface area contributed by atoms with E-state index in [0.717, 1.165) is 12.1 Å². The van der Waals surface area contributed by atoms with Crippen LogP contribution in [-0.4, -0.2) is 6.04 Å². The average Bonchev–Trinajstić information content (AvgIpc) is 2.21. The van der Waals surface area contributed by atoms with Crippen LogP contribution in [0, 0.1) is 22.9 Å². The van der Waals surface area contributed by atoms with E-state index in [9.17, 15) is 13.2 Å². The largest absolute Gasteiger partial charge is 0.327 e. The Balaban J connectivity index is 2.37. The van der Waals surface area contributed by atoms with Crippen LogP contribution in [0.3, 0.4) is 0 Å². The van der Waals surface area contributed by atoms with E-state index >= 15 is 0 Å². The molecule has 0 aromatic heterocycles. The molecule has 2 unspecified atom stereocenters. The van der Waals surface area contributed by atoms with Gasteiger partial charge in [-0.15, -0.1) is 0 Å². The molecule has 1 aromatic rings. The van der Waals surface area contributed by atoms with Crippen LogP contribution < -0.4 is 5.73 Å². The van der Waals surface area contributed by atoms with E-state index in [2.05, 4.69) is 0 Å². The summed E-state index contributed by atoms with van der Waals surface area (Å²) >= 11 is 0. The van der Waals surface area contributed by atoms with Crippen molar-refractivity contribution in [1.29, 1.82) is 0 Å². The number of hydrogen-bond donors (Lipinski definition) is 1. The van der Waals surface area contributed by atoms with Gasteiger partial charge in [0, 0.05) is 6.04 Å². The first-order chi connectivity index (χ1) is 7.34. The number of nitrogens with two attached hydrogens (primary N) is 1. The van der Waals surface area contributed by atoms with Crippen molar-refractivity contribution < 1.29 is 13.2 Å². The quantitative estimate of drug-likeness (QED) is 0.736. The maximum atomic E-state index is 13.1. The first-order valence-electron chi connectivity index (χ1n) is 5.24. The second-order valence-electron chi connectivity index (χ2n) is 5.01. The van der Waals surface area contributed by atoms with Gasteiger partial charge >= 0.3 is 0 Å². The van der Waals surface area contributed by atoms with Crippen molar-refractivity contribution in [3.05, 3.63) is 35.1 Å². The molecule has 88 valence electrons. The fourth-order valence-electron chi connectivity index (χ4n) is 2.30. The Bertz CT molecular complexity index is 405. The molecule has 2 atom stereocenters. The fraction of sp³-hybridized carbons (Fsp3) is 0.500. The Morgan fingerprint density at radius 1 is 1.19 bits per heavy atom. The predicted octanol–water partition coefficient (Wildman–Crippen LogP) is 2.94. The molecule has 1 aliphatic carbocycles. The predicted molar refractivity (Wildman–Crippen MR) is 55.4 cm³/mol. The Morgan fingerprint density at radius 2 is 1.69 bits per heavy atom. The van der Waals surface area contributed by atoms with Crippen LogP contribution >= 0.6 is 0 Å². The molecule has 0 radical (unpaired) electrons. The summed E-state index contributed by atoms with van der Waals surface area (Å²) in [6, 6.07) is 2.15. The van der Waals surface area contributed by atoms with Gasteiger partial charge in [0.1, 0.15) is 0 Å². The molecule has 0 heterocycles. The topological polar surface area (TPSA) is 26.0 Å². The van der Waals surface area contributed by atoms with E-state index in [1.807, 2.05) is 13.8 Å². The van der Waals surface area contributed by atoms with Gasteiger partial charge in [-0.05, 0) is 35.4 Å². The molecule has 1 fully saturated rings. The van der Waals surface area contributed by atoms with Crippen LogP contribution in [0.15, 0.2) is 12.1 Å². The third-order valence-corrected chi connectivity index (χ3v) is 3.75. The molecule has 1 aliphatic rings. The molecule has 4 heteroatoms. The Morgan fingerprint density at radius 3 is 2.06 bits per heavy atom. The lowest BCUT2D eigenvalue weighted by molar-refractivity contribution is 0.0977. The third kappa shape index (κ3) is 1.52. The molecule has 16 heavy (non-hydrogen) atoms. The van der Waals surface area contributed by atoms with E-state index < -0.39 is 17.5 Å². The molecular weight excluding hydrogens is 215 g/mol. The van der Waals surface area contributed by atoms with E-state index in [1.165, 1.54) is 0 Å². The van der Waals surface area contributed by atoms with Gasteiger partial charge in [0.2, 0.25) is 0 Å². The van der Waals surface area contributed by atoms with Crippen molar-refractivity contribution in [2.24, 2.45) is 11.1 Å². The number of rotatable bonds is 1. The fourth-order valence-corrected chi connectivity index (χ4v) is 2.30. The van der Waals surface area contributed by atoms with Crippen molar-refractivity contribution in [3.8, 4) is 0 Å². The Kier molecular flexibility index (Phi) is 2.49. The molecular formula is C12H14F3N. The number of hydrogen-bond acceptors (Lipinski definition) is 1. The SMILES string of the molecule is CC1(C)C(N)CC1c1cc(F)c(F)c(F)c1.